The summed E-state index contributed by atoms with van der Waals surface area (Å²) in [5.74, 6) is 2.26. The lowest BCUT2D eigenvalue weighted by atomic mass is 10.0. The molecule has 92 valence electrons. The van der Waals surface area contributed by atoms with Crippen molar-refractivity contribution in [3.8, 4) is 5.75 Å². The van der Waals surface area contributed by atoms with Crippen molar-refractivity contribution in [2.75, 3.05) is 7.11 Å². The molecule has 1 aliphatic rings. The molecule has 0 unspecified atom stereocenters. The third kappa shape index (κ3) is 2.17. The Morgan fingerprint density at radius 3 is 2.67 bits per heavy atom. The molecule has 1 aliphatic carbocycles. The summed E-state index contributed by atoms with van der Waals surface area (Å²) in [6.07, 6.45) is 1.22. The molecule has 0 amide bonds. The van der Waals surface area contributed by atoms with Crippen LogP contribution in [0.1, 0.15) is 29.4 Å². The van der Waals surface area contributed by atoms with Crippen LogP contribution in [0, 0.1) is 0 Å². The van der Waals surface area contributed by atoms with Crippen molar-refractivity contribution in [2.45, 2.75) is 18.3 Å². The Morgan fingerprint density at radius 2 is 1.89 bits per heavy atom. The molecular weight excluding hydrogens is 288 g/mol. The summed E-state index contributed by atoms with van der Waals surface area (Å²) in [6, 6.07) is 17.0. The van der Waals surface area contributed by atoms with Gasteiger partial charge in [-0.25, -0.2) is 0 Å². The zero-order valence-electron chi connectivity index (χ0n) is 10.3. The SMILES string of the molecule is COc1ccccc1[C@H]1C[C@@H]1c1cccc(Br)c1. The van der Waals surface area contributed by atoms with Crippen molar-refractivity contribution in [1.82, 2.24) is 0 Å². The number of benzene rings is 2. The molecule has 0 bridgehead atoms. The number of ether oxygens (including phenoxy) is 1. The summed E-state index contributed by atoms with van der Waals surface area (Å²) < 4.78 is 6.60. The summed E-state index contributed by atoms with van der Waals surface area (Å²) in [4.78, 5) is 0. The van der Waals surface area contributed by atoms with Gasteiger partial charge < -0.3 is 4.74 Å². The number of halogens is 1. The summed E-state index contributed by atoms with van der Waals surface area (Å²) in [5, 5.41) is 0. The Hall–Kier alpha value is -1.28. The minimum Gasteiger partial charge on any atom is -0.496 e. The van der Waals surface area contributed by atoms with E-state index in [9.17, 15) is 0 Å². The van der Waals surface area contributed by atoms with Gasteiger partial charge in [0.15, 0.2) is 0 Å². The Bertz CT molecular complexity index is 565. The van der Waals surface area contributed by atoms with Crippen LogP contribution in [0.25, 0.3) is 0 Å². The molecule has 0 saturated heterocycles. The Balaban J connectivity index is 1.86. The van der Waals surface area contributed by atoms with E-state index in [2.05, 4.69) is 52.3 Å². The van der Waals surface area contributed by atoms with E-state index in [0.717, 1.165) is 10.2 Å². The van der Waals surface area contributed by atoms with E-state index in [0.29, 0.717) is 11.8 Å². The van der Waals surface area contributed by atoms with Crippen LogP contribution in [0.15, 0.2) is 53.0 Å². The van der Waals surface area contributed by atoms with Crippen LogP contribution < -0.4 is 4.74 Å². The summed E-state index contributed by atoms with van der Waals surface area (Å²) >= 11 is 3.54. The maximum Gasteiger partial charge on any atom is 0.122 e. The molecule has 0 radical (unpaired) electrons. The topological polar surface area (TPSA) is 9.23 Å². The summed E-state index contributed by atoms with van der Waals surface area (Å²) in [6.45, 7) is 0. The molecule has 1 nitrogen and oxygen atoms in total. The third-order valence-corrected chi connectivity index (χ3v) is 4.10. The highest BCUT2D eigenvalue weighted by molar-refractivity contribution is 9.10. The van der Waals surface area contributed by atoms with Crippen molar-refractivity contribution < 1.29 is 4.74 Å². The van der Waals surface area contributed by atoms with Gasteiger partial charge in [0, 0.05) is 4.47 Å². The van der Waals surface area contributed by atoms with Gasteiger partial charge in [0.1, 0.15) is 5.75 Å². The lowest BCUT2D eigenvalue weighted by Gasteiger charge is -2.07. The largest absolute Gasteiger partial charge is 0.496 e. The molecule has 3 rings (SSSR count). The first-order chi connectivity index (χ1) is 8.79. The first-order valence-electron chi connectivity index (χ1n) is 6.18. The maximum atomic E-state index is 5.45. The van der Waals surface area contributed by atoms with Gasteiger partial charge in [-0.15, -0.1) is 0 Å². The maximum absolute atomic E-state index is 5.45. The van der Waals surface area contributed by atoms with Crippen LogP contribution in [-0.2, 0) is 0 Å². The van der Waals surface area contributed by atoms with Gasteiger partial charge in [-0.05, 0) is 47.6 Å². The van der Waals surface area contributed by atoms with E-state index in [1.54, 1.807) is 7.11 Å². The fraction of sp³-hybridized carbons (Fsp3) is 0.250. The molecule has 1 saturated carbocycles. The average Bonchev–Trinajstić information content (AvgIpc) is 3.19. The van der Waals surface area contributed by atoms with Gasteiger partial charge in [-0.3, -0.25) is 0 Å². The second kappa shape index (κ2) is 4.77. The van der Waals surface area contributed by atoms with E-state index < -0.39 is 0 Å². The smallest absolute Gasteiger partial charge is 0.122 e. The van der Waals surface area contributed by atoms with Crippen molar-refractivity contribution in [3.05, 3.63) is 64.1 Å². The fourth-order valence-electron chi connectivity index (χ4n) is 2.62. The number of rotatable bonds is 3. The van der Waals surface area contributed by atoms with Crippen molar-refractivity contribution in [3.63, 3.8) is 0 Å². The Kier molecular flexibility index (Phi) is 3.13. The van der Waals surface area contributed by atoms with E-state index in [-0.39, 0.29) is 0 Å². The zero-order chi connectivity index (χ0) is 12.5. The van der Waals surface area contributed by atoms with E-state index in [4.69, 9.17) is 4.74 Å². The Morgan fingerprint density at radius 1 is 1.06 bits per heavy atom. The normalized spacial score (nSPS) is 21.7. The first kappa shape index (κ1) is 11.8. The van der Waals surface area contributed by atoms with Gasteiger partial charge in [0.25, 0.3) is 0 Å². The van der Waals surface area contributed by atoms with Crippen molar-refractivity contribution in [1.29, 1.82) is 0 Å². The molecule has 2 atom stereocenters. The van der Waals surface area contributed by atoms with Crippen molar-refractivity contribution in [2.24, 2.45) is 0 Å². The van der Waals surface area contributed by atoms with Crippen LogP contribution in [0.3, 0.4) is 0 Å². The molecule has 0 aliphatic heterocycles. The van der Waals surface area contributed by atoms with Gasteiger partial charge in [-0.1, -0.05) is 46.3 Å². The molecule has 1 fully saturated rings. The first-order valence-corrected chi connectivity index (χ1v) is 6.97. The highest BCUT2D eigenvalue weighted by Crippen LogP contribution is 2.56. The second-order valence-electron chi connectivity index (χ2n) is 4.75. The minimum atomic E-state index is 0.607. The van der Waals surface area contributed by atoms with Crippen LogP contribution in [0.4, 0.5) is 0 Å². The van der Waals surface area contributed by atoms with E-state index in [1.165, 1.54) is 17.5 Å². The van der Waals surface area contributed by atoms with Gasteiger partial charge in [0.05, 0.1) is 7.11 Å². The molecule has 0 spiro atoms. The van der Waals surface area contributed by atoms with Gasteiger partial charge in [0.2, 0.25) is 0 Å². The highest BCUT2D eigenvalue weighted by atomic mass is 79.9. The molecule has 2 aromatic carbocycles. The molecule has 0 N–H and O–H groups in total. The average molecular weight is 303 g/mol. The van der Waals surface area contributed by atoms with Gasteiger partial charge >= 0.3 is 0 Å². The number of hydrogen-bond donors (Lipinski definition) is 0. The van der Waals surface area contributed by atoms with E-state index in [1.807, 2.05) is 12.1 Å². The second-order valence-corrected chi connectivity index (χ2v) is 5.66. The van der Waals surface area contributed by atoms with Crippen LogP contribution >= 0.6 is 15.9 Å². The standard InChI is InChI=1S/C16H15BrO/c1-18-16-8-3-2-7-13(16)15-10-14(15)11-5-4-6-12(17)9-11/h2-9,14-15H,10H2,1H3/t14-,15-/m1/s1. The number of methoxy groups -OCH3 is 1. The van der Waals surface area contributed by atoms with Gasteiger partial charge in [-0.2, -0.15) is 0 Å². The molecule has 18 heavy (non-hydrogen) atoms. The quantitative estimate of drug-likeness (QED) is 0.796. The summed E-state index contributed by atoms with van der Waals surface area (Å²) in [7, 11) is 1.75. The van der Waals surface area contributed by atoms with Crippen LogP contribution in [0.5, 0.6) is 5.75 Å². The van der Waals surface area contributed by atoms with Crippen molar-refractivity contribution >= 4 is 15.9 Å². The predicted octanol–water partition coefficient (Wildman–Crippen LogP) is 4.73. The minimum absolute atomic E-state index is 0.607. The molecule has 0 aromatic heterocycles. The zero-order valence-corrected chi connectivity index (χ0v) is 11.9. The molecule has 0 heterocycles. The van der Waals surface area contributed by atoms with Crippen LogP contribution in [0.2, 0.25) is 0 Å². The fourth-order valence-corrected chi connectivity index (χ4v) is 3.03. The number of para-hydroxylation sites is 1. The predicted molar refractivity (Wildman–Crippen MR) is 77.2 cm³/mol. The third-order valence-electron chi connectivity index (χ3n) is 3.61. The lowest BCUT2D eigenvalue weighted by Crippen LogP contribution is -1.90. The number of hydrogen-bond acceptors (Lipinski definition) is 1. The summed E-state index contributed by atoms with van der Waals surface area (Å²) in [5.41, 5.74) is 2.75. The Labute approximate surface area is 116 Å². The lowest BCUT2D eigenvalue weighted by molar-refractivity contribution is 0.409. The van der Waals surface area contributed by atoms with Crippen LogP contribution in [-0.4, -0.2) is 7.11 Å². The molecule has 2 aromatic rings. The molecule has 2 heteroatoms. The molecular formula is C16H15BrO. The highest BCUT2D eigenvalue weighted by Gasteiger charge is 2.40. The van der Waals surface area contributed by atoms with E-state index >= 15 is 0 Å². The monoisotopic (exact) mass is 302 g/mol.